The van der Waals surface area contributed by atoms with Gasteiger partial charge in [0.2, 0.25) is 0 Å². The van der Waals surface area contributed by atoms with E-state index >= 15 is 0 Å². The van der Waals surface area contributed by atoms with Crippen molar-refractivity contribution < 1.29 is 0 Å². The molecule has 0 aliphatic carbocycles. The van der Waals surface area contributed by atoms with Crippen molar-refractivity contribution in [3.63, 3.8) is 0 Å². The SMILES string of the molecule is CN=C(NCc1ccsc1)NCc1nnc2n1CCCCC2.I. The van der Waals surface area contributed by atoms with Crippen LogP contribution >= 0.6 is 35.3 Å². The zero-order valence-corrected chi connectivity index (χ0v) is 16.4. The Kier molecular flexibility index (Phi) is 7.28. The lowest BCUT2D eigenvalue weighted by Gasteiger charge is -2.12. The van der Waals surface area contributed by atoms with E-state index < -0.39 is 0 Å². The molecular weight excluding hydrogens is 423 g/mol. The van der Waals surface area contributed by atoms with Gasteiger partial charge in [0, 0.05) is 26.6 Å². The fourth-order valence-electron chi connectivity index (χ4n) is 2.64. The van der Waals surface area contributed by atoms with E-state index in [9.17, 15) is 0 Å². The molecule has 0 spiro atoms. The molecule has 3 rings (SSSR count). The van der Waals surface area contributed by atoms with E-state index in [0.29, 0.717) is 6.54 Å². The first kappa shape index (κ1) is 18.2. The summed E-state index contributed by atoms with van der Waals surface area (Å²) in [5, 5.41) is 19.5. The van der Waals surface area contributed by atoms with Crippen molar-refractivity contribution in [2.75, 3.05) is 7.05 Å². The van der Waals surface area contributed by atoms with E-state index in [1.807, 2.05) is 0 Å². The van der Waals surface area contributed by atoms with Gasteiger partial charge in [0.25, 0.3) is 0 Å². The van der Waals surface area contributed by atoms with Crippen LogP contribution in [0.5, 0.6) is 0 Å². The van der Waals surface area contributed by atoms with Gasteiger partial charge in [0.05, 0.1) is 6.54 Å². The minimum Gasteiger partial charge on any atom is -0.352 e. The first-order chi connectivity index (χ1) is 10.9. The normalized spacial score (nSPS) is 14.6. The number of nitrogens with one attached hydrogen (secondary N) is 2. The molecule has 0 aromatic carbocycles. The van der Waals surface area contributed by atoms with Gasteiger partial charge in [-0.2, -0.15) is 11.3 Å². The van der Waals surface area contributed by atoms with Crippen LogP contribution in [-0.2, 0) is 26.1 Å². The Labute approximate surface area is 157 Å². The van der Waals surface area contributed by atoms with Crippen molar-refractivity contribution in [2.45, 2.75) is 45.3 Å². The molecule has 0 radical (unpaired) electrons. The van der Waals surface area contributed by atoms with Crippen LogP contribution in [0.25, 0.3) is 0 Å². The lowest BCUT2D eigenvalue weighted by atomic mass is 10.2. The summed E-state index contributed by atoms with van der Waals surface area (Å²) < 4.78 is 2.26. The van der Waals surface area contributed by atoms with Crippen LogP contribution in [0.4, 0.5) is 0 Å². The maximum atomic E-state index is 4.33. The third kappa shape index (κ3) is 4.90. The van der Waals surface area contributed by atoms with Gasteiger partial charge in [-0.1, -0.05) is 6.42 Å². The smallest absolute Gasteiger partial charge is 0.191 e. The third-order valence-corrected chi connectivity index (χ3v) is 4.60. The molecule has 1 aliphatic heterocycles. The monoisotopic (exact) mass is 446 g/mol. The van der Waals surface area contributed by atoms with Gasteiger partial charge >= 0.3 is 0 Å². The number of fused-ring (bicyclic) bond motifs is 1. The molecule has 1 aliphatic rings. The Bertz CT molecular complexity index is 622. The fraction of sp³-hybridized carbons (Fsp3) is 0.533. The van der Waals surface area contributed by atoms with Gasteiger partial charge in [0.15, 0.2) is 11.8 Å². The van der Waals surface area contributed by atoms with Crippen molar-refractivity contribution in [1.29, 1.82) is 0 Å². The van der Waals surface area contributed by atoms with Gasteiger partial charge in [-0.05, 0) is 35.2 Å². The average molecular weight is 446 g/mol. The topological polar surface area (TPSA) is 67.1 Å². The number of aromatic nitrogens is 3. The highest BCUT2D eigenvalue weighted by Crippen LogP contribution is 2.14. The summed E-state index contributed by atoms with van der Waals surface area (Å²) in [7, 11) is 1.78. The van der Waals surface area contributed by atoms with Crippen molar-refractivity contribution in [1.82, 2.24) is 25.4 Å². The number of hydrogen-bond donors (Lipinski definition) is 2. The molecule has 2 aromatic rings. The van der Waals surface area contributed by atoms with Gasteiger partial charge in [0.1, 0.15) is 5.82 Å². The Balaban J connectivity index is 0.00000192. The second kappa shape index (κ2) is 9.21. The molecule has 3 heterocycles. The highest BCUT2D eigenvalue weighted by molar-refractivity contribution is 14.0. The second-order valence-corrected chi connectivity index (χ2v) is 6.19. The molecular formula is C15H23IN6S. The third-order valence-electron chi connectivity index (χ3n) is 3.86. The maximum absolute atomic E-state index is 4.33. The first-order valence-corrected chi connectivity index (χ1v) is 8.67. The zero-order valence-electron chi connectivity index (χ0n) is 13.3. The summed E-state index contributed by atoms with van der Waals surface area (Å²) in [5.41, 5.74) is 1.27. The molecule has 8 heteroatoms. The minimum absolute atomic E-state index is 0. The number of aliphatic imine (C=N–C) groups is 1. The first-order valence-electron chi connectivity index (χ1n) is 7.73. The summed E-state index contributed by atoms with van der Waals surface area (Å²) in [4.78, 5) is 4.26. The van der Waals surface area contributed by atoms with E-state index in [2.05, 4.69) is 47.2 Å². The Morgan fingerprint density at radius 2 is 2.13 bits per heavy atom. The molecule has 0 unspecified atom stereocenters. The van der Waals surface area contributed by atoms with E-state index in [1.54, 1.807) is 18.4 Å². The Morgan fingerprint density at radius 1 is 1.26 bits per heavy atom. The van der Waals surface area contributed by atoms with Crippen molar-refractivity contribution in [2.24, 2.45) is 4.99 Å². The maximum Gasteiger partial charge on any atom is 0.191 e. The number of halogens is 1. The second-order valence-electron chi connectivity index (χ2n) is 5.41. The standard InChI is InChI=1S/C15H22N6S.HI/c1-16-15(17-9-12-6-8-22-11-12)18-10-14-20-19-13-5-3-2-4-7-21(13)14;/h6,8,11H,2-5,7,9-10H2,1H3,(H2,16,17,18);1H. The van der Waals surface area contributed by atoms with Crippen molar-refractivity contribution in [3.05, 3.63) is 34.0 Å². The minimum atomic E-state index is 0. The number of nitrogens with zero attached hydrogens (tertiary/aromatic N) is 4. The summed E-state index contributed by atoms with van der Waals surface area (Å²) in [6, 6.07) is 2.11. The highest BCUT2D eigenvalue weighted by Gasteiger charge is 2.14. The predicted molar refractivity (Wildman–Crippen MR) is 104 cm³/mol. The van der Waals surface area contributed by atoms with E-state index in [4.69, 9.17) is 0 Å². The number of guanidine groups is 1. The van der Waals surface area contributed by atoms with Crippen LogP contribution in [0, 0.1) is 0 Å². The number of aryl methyl sites for hydroxylation is 1. The van der Waals surface area contributed by atoms with Crippen LogP contribution in [0.2, 0.25) is 0 Å². The number of thiophene rings is 1. The van der Waals surface area contributed by atoms with Crippen LogP contribution in [0.3, 0.4) is 0 Å². The largest absolute Gasteiger partial charge is 0.352 e. The Hall–Kier alpha value is -1.16. The molecule has 0 atom stereocenters. The van der Waals surface area contributed by atoms with Gasteiger partial charge < -0.3 is 15.2 Å². The quantitative estimate of drug-likeness (QED) is 0.431. The molecule has 0 saturated heterocycles. The summed E-state index contributed by atoms with van der Waals surface area (Å²) in [6.07, 6.45) is 4.75. The lowest BCUT2D eigenvalue weighted by molar-refractivity contribution is 0.596. The summed E-state index contributed by atoms with van der Waals surface area (Å²) in [6.45, 7) is 2.46. The lowest BCUT2D eigenvalue weighted by Crippen LogP contribution is -2.37. The molecule has 2 aromatic heterocycles. The van der Waals surface area contributed by atoms with Crippen LogP contribution < -0.4 is 10.6 Å². The highest BCUT2D eigenvalue weighted by atomic mass is 127. The molecule has 0 bridgehead atoms. The van der Waals surface area contributed by atoms with E-state index in [0.717, 1.165) is 37.1 Å². The van der Waals surface area contributed by atoms with E-state index in [-0.39, 0.29) is 24.0 Å². The van der Waals surface area contributed by atoms with Gasteiger partial charge in [-0.3, -0.25) is 4.99 Å². The summed E-state index contributed by atoms with van der Waals surface area (Å²) in [5.74, 6) is 2.91. The zero-order chi connectivity index (χ0) is 15.2. The number of rotatable bonds is 4. The molecule has 126 valence electrons. The molecule has 0 saturated carbocycles. The molecule has 0 amide bonds. The van der Waals surface area contributed by atoms with Gasteiger partial charge in [-0.25, -0.2) is 0 Å². The van der Waals surface area contributed by atoms with E-state index in [1.165, 1.54) is 24.8 Å². The van der Waals surface area contributed by atoms with Crippen molar-refractivity contribution >= 4 is 41.3 Å². The van der Waals surface area contributed by atoms with Crippen LogP contribution in [0.1, 0.15) is 36.5 Å². The fourth-order valence-corrected chi connectivity index (χ4v) is 3.31. The van der Waals surface area contributed by atoms with Gasteiger partial charge in [-0.15, -0.1) is 34.2 Å². The average Bonchev–Trinajstić information content (AvgIpc) is 3.13. The number of hydrogen-bond acceptors (Lipinski definition) is 4. The van der Waals surface area contributed by atoms with Crippen LogP contribution in [0.15, 0.2) is 21.8 Å². The van der Waals surface area contributed by atoms with Crippen LogP contribution in [-0.4, -0.2) is 27.8 Å². The molecule has 0 fully saturated rings. The van der Waals surface area contributed by atoms with Crippen molar-refractivity contribution in [3.8, 4) is 0 Å². The molecule has 2 N–H and O–H groups in total. The Morgan fingerprint density at radius 3 is 2.91 bits per heavy atom. The predicted octanol–water partition coefficient (Wildman–Crippen LogP) is 2.55. The molecule has 6 nitrogen and oxygen atoms in total. The molecule has 23 heavy (non-hydrogen) atoms. The summed E-state index contributed by atoms with van der Waals surface area (Å²) >= 11 is 1.71.